The quantitative estimate of drug-likeness (QED) is 0.140. The van der Waals surface area contributed by atoms with E-state index in [1.807, 2.05) is 12.2 Å². The van der Waals surface area contributed by atoms with Gasteiger partial charge in [-0.15, -0.1) is 0 Å². The van der Waals surface area contributed by atoms with Crippen LogP contribution in [0.15, 0.2) is 48.0 Å². The maximum Gasteiger partial charge on any atom is 0.514 e. The lowest BCUT2D eigenvalue weighted by Gasteiger charge is -2.16. The van der Waals surface area contributed by atoms with Gasteiger partial charge in [-0.25, -0.2) is 9.59 Å². The van der Waals surface area contributed by atoms with Crippen LogP contribution in [0.3, 0.4) is 0 Å². The molecule has 0 aromatic heterocycles. The van der Waals surface area contributed by atoms with Gasteiger partial charge in [-0.2, -0.15) is 0 Å². The lowest BCUT2D eigenvalue weighted by molar-refractivity contribution is -0.125. The van der Waals surface area contributed by atoms with Gasteiger partial charge in [0.25, 0.3) is 0 Å². The fourth-order valence-corrected chi connectivity index (χ4v) is 4.06. The van der Waals surface area contributed by atoms with Crippen LogP contribution in [-0.2, 0) is 28.5 Å². The van der Waals surface area contributed by atoms with Crippen molar-refractivity contribution in [2.75, 3.05) is 27.2 Å². The minimum Gasteiger partial charge on any atom is -0.420 e. The number of ether oxygens (including phenoxy) is 4. The van der Waals surface area contributed by atoms with Crippen LogP contribution in [0, 0.1) is 0 Å². The second kappa shape index (κ2) is 15.3. The zero-order valence-electron chi connectivity index (χ0n) is 24.7. The number of hydrogen-bond donors (Lipinski definition) is 0. The number of cyclic esters (lactones) is 4. The molecular formula is C30H44N2O8. The van der Waals surface area contributed by atoms with E-state index in [0.717, 1.165) is 38.5 Å². The van der Waals surface area contributed by atoms with Crippen LogP contribution in [0.2, 0.25) is 0 Å². The van der Waals surface area contributed by atoms with Crippen LogP contribution in [0.25, 0.3) is 0 Å². The summed E-state index contributed by atoms with van der Waals surface area (Å²) in [6.45, 7) is 8.06. The highest BCUT2D eigenvalue weighted by Gasteiger charge is 2.39. The Balaban J connectivity index is 1.51. The van der Waals surface area contributed by atoms with E-state index < -0.39 is 23.5 Å². The molecule has 2 aliphatic rings. The molecule has 0 N–H and O–H groups in total. The zero-order chi connectivity index (χ0) is 29.8. The van der Waals surface area contributed by atoms with Gasteiger partial charge in [0.1, 0.15) is 0 Å². The largest absolute Gasteiger partial charge is 0.514 e. The van der Waals surface area contributed by atoms with Gasteiger partial charge in [0.05, 0.1) is 0 Å². The molecule has 0 bridgehead atoms. The normalized spacial score (nSPS) is 19.6. The first-order valence-corrected chi connectivity index (χ1v) is 13.9. The first-order chi connectivity index (χ1) is 18.8. The molecule has 2 saturated heterocycles. The third-order valence-corrected chi connectivity index (χ3v) is 6.60. The van der Waals surface area contributed by atoms with Crippen molar-refractivity contribution in [3.8, 4) is 0 Å². The first kappa shape index (κ1) is 32.7. The van der Waals surface area contributed by atoms with E-state index in [1.165, 1.54) is 0 Å². The van der Waals surface area contributed by atoms with Gasteiger partial charge in [-0.1, -0.05) is 25.0 Å². The number of hydrogen-bond acceptors (Lipinski definition) is 8. The van der Waals surface area contributed by atoms with Crippen molar-refractivity contribution in [1.82, 2.24) is 9.80 Å². The Hall–Kier alpha value is -3.56. The molecule has 0 spiro atoms. The monoisotopic (exact) mass is 560 g/mol. The average molecular weight is 561 g/mol. The Morgan fingerprint density at radius 3 is 1.35 bits per heavy atom. The van der Waals surface area contributed by atoms with E-state index in [-0.39, 0.29) is 11.8 Å². The van der Waals surface area contributed by atoms with Gasteiger partial charge in [-0.3, -0.25) is 9.59 Å². The average Bonchev–Trinajstić information content (AvgIpc) is 3.29. The molecule has 0 unspecified atom stereocenters. The third kappa shape index (κ3) is 10.9. The number of carbonyl (C=O) groups is 4. The Bertz CT molecular complexity index is 956. The van der Waals surface area contributed by atoms with Crippen LogP contribution in [-0.4, -0.2) is 72.3 Å². The SMILES string of the molecule is CN(CC/C=C1/OC(=O)OC1(C)C)C(=O)/C=C/CCCCCC/C=C/C(=O)N(C)CC/C=C1/OC(=O)OC1(C)C. The van der Waals surface area contributed by atoms with Crippen molar-refractivity contribution in [1.29, 1.82) is 0 Å². The summed E-state index contributed by atoms with van der Waals surface area (Å²) in [6.07, 6.45) is 16.1. The molecule has 0 saturated carbocycles. The lowest BCUT2D eigenvalue weighted by Crippen LogP contribution is -2.26. The van der Waals surface area contributed by atoms with Gasteiger partial charge < -0.3 is 28.7 Å². The van der Waals surface area contributed by atoms with Gasteiger partial charge in [0, 0.05) is 27.2 Å². The second-order valence-electron chi connectivity index (χ2n) is 11.0. The minimum atomic E-state index is -0.771. The van der Waals surface area contributed by atoms with Crippen LogP contribution in [0.1, 0.15) is 79.1 Å². The minimum absolute atomic E-state index is 0.0615. The van der Waals surface area contributed by atoms with Crippen LogP contribution >= 0.6 is 0 Å². The third-order valence-electron chi connectivity index (χ3n) is 6.60. The predicted octanol–water partition coefficient (Wildman–Crippen LogP) is 5.80. The van der Waals surface area contributed by atoms with Crippen molar-refractivity contribution in [2.24, 2.45) is 0 Å². The molecule has 2 rings (SSSR count). The molecule has 10 nitrogen and oxygen atoms in total. The van der Waals surface area contributed by atoms with Gasteiger partial charge in [-0.05, 0) is 90.5 Å². The van der Waals surface area contributed by atoms with Crippen molar-refractivity contribution in [2.45, 2.75) is 90.3 Å². The molecule has 0 aromatic carbocycles. The molecule has 0 atom stereocenters. The topological polar surface area (TPSA) is 112 Å². The highest BCUT2D eigenvalue weighted by atomic mass is 16.8. The molecule has 222 valence electrons. The summed E-state index contributed by atoms with van der Waals surface area (Å²) < 4.78 is 20.3. The molecule has 0 radical (unpaired) electrons. The van der Waals surface area contributed by atoms with Crippen LogP contribution in [0.4, 0.5) is 9.59 Å². The molecule has 2 heterocycles. The Morgan fingerprint density at radius 1 is 0.650 bits per heavy atom. The standard InChI is InChI=1S/C30H44N2O8/c1-29(2)23(37-27(35)39-29)17-15-21-31(5)25(33)19-13-11-9-7-8-10-12-14-20-26(34)32(6)22-16-18-24-30(3,4)40-28(36)38-24/h13-14,17-20H,7-12,15-16,21-22H2,1-6H3/b19-13+,20-14+,23-17+,24-18+. The van der Waals surface area contributed by atoms with Gasteiger partial charge in [0.15, 0.2) is 22.7 Å². The van der Waals surface area contributed by atoms with Gasteiger partial charge >= 0.3 is 12.3 Å². The zero-order valence-corrected chi connectivity index (χ0v) is 24.7. The Kier molecular flexibility index (Phi) is 12.5. The van der Waals surface area contributed by atoms with E-state index in [2.05, 4.69) is 0 Å². The van der Waals surface area contributed by atoms with E-state index >= 15 is 0 Å². The summed E-state index contributed by atoms with van der Waals surface area (Å²) in [5, 5.41) is 0. The number of amides is 2. The molecule has 2 fully saturated rings. The fourth-order valence-electron chi connectivity index (χ4n) is 4.06. The molecule has 10 heteroatoms. The number of carbonyl (C=O) groups excluding carboxylic acids is 4. The van der Waals surface area contributed by atoms with Crippen LogP contribution < -0.4 is 0 Å². The second-order valence-corrected chi connectivity index (χ2v) is 11.0. The maximum atomic E-state index is 12.3. The highest BCUT2D eigenvalue weighted by molar-refractivity contribution is 5.87. The van der Waals surface area contributed by atoms with Crippen LogP contribution in [0.5, 0.6) is 0 Å². The molecule has 40 heavy (non-hydrogen) atoms. The maximum absolute atomic E-state index is 12.3. The molecule has 2 aliphatic heterocycles. The van der Waals surface area contributed by atoms with Crippen molar-refractivity contribution < 1.29 is 38.1 Å². The summed E-state index contributed by atoms with van der Waals surface area (Å²) in [5.74, 6) is 0.827. The molecular weight excluding hydrogens is 516 g/mol. The van der Waals surface area contributed by atoms with Gasteiger partial charge in [0.2, 0.25) is 11.8 Å². The number of rotatable bonds is 15. The highest BCUT2D eigenvalue weighted by Crippen LogP contribution is 2.30. The summed E-state index contributed by atoms with van der Waals surface area (Å²) in [4.78, 5) is 50.3. The van der Waals surface area contributed by atoms with Crippen molar-refractivity contribution in [3.63, 3.8) is 0 Å². The summed E-state index contributed by atoms with van der Waals surface area (Å²) in [6, 6.07) is 0. The first-order valence-electron chi connectivity index (χ1n) is 13.9. The summed E-state index contributed by atoms with van der Waals surface area (Å²) in [7, 11) is 3.48. The fraction of sp³-hybridized carbons (Fsp3) is 0.600. The number of nitrogens with zero attached hydrogens (tertiary/aromatic N) is 2. The Labute approximate surface area is 237 Å². The molecule has 0 aliphatic carbocycles. The van der Waals surface area contributed by atoms with E-state index in [0.29, 0.717) is 37.4 Å². The lowest BCUT2D eigenvalue weighted by atomic mass is 10.1. The van der Waals surface area contributed by atoms with E-state index in [1.54, 1.807) is 75.9 Å². The number of unbranched alkanes of at least 4 members (excludes halogenated alkanes) is 5. The Morgan fingerprint density at radius 2 is 1.02 bits per heavy atom. The van der Waals surface area contributed by atoms with Crippen molar-refractivity contribution in [3.05, 3.63) is 48.0 Å². The molecule has 2 amide bonds. The molecule has 0 aromatic rings. The number of likely N-dealkylation sites (N-methyl/N-ethyl adjacent to an activating group) is 2. The van der Waals surface area contributed by atoms with E-state index in [4.69, 9.17) is 18.9 Å². The van der Waals surface area contributed by atoms with E-state index in [9.17, 15) is 19.2 Å². The number of allylic oxidation sites excluding steroid dienone is 2. The predicted molar refractivity (Wildman–Crippen MR) is 150 cm³/mol. The smallest absolute Gasteiger partial charge is 0.420 e. The summed E-state index contributed by atoms with van der Waals surface area (Å²) >= 11 is 0. The van der Waals surface area contributed by atoms with Crippen molar-refractivity contribution >= 4 is 24.1 Å². The summed E-state index contributed by atoms with van der Waals surface area (Å²) in [5.41, 5.74) is -1.54.